The lowest BCUT2D eigenvalue weighted by Gasteiger charge is -2.45. The Morgan fingerprint density at radius 2 is 1.94 bits per heavy atom. The third-order valence-corrected chi connectivity index (χ3v) is 7.60. The summed E-state index contributed by atoms with van der Waals surface area (Å²) in [5.41, 5.74) is 1.78. The molecule has 0 amide bonds. The number of carboxylic acid groups (broad SMARTS) is 1. The predicted molar refractivity (Wildman–Crippen MR) is 119 cm³/mol. The van der Waals surface area contributed by atoms with Crippen molar-refractivity contribution in [3.8, 4) is 5.75 Å². The average Bonchev–Trinajstić information content (AvgIpc) is 3.64. The molecule has 34 heavy (non-hydrogen) atoms. The summed E-state index contributed by atoms with van der Waals surface area (Å²) in [6.45, 7) is 2.87. The summed E-state index contributed by atoms with van der Waals surface area (Å²) in [5.74, 6) is -0.876. The molecule has 2 fully saturated rings. The molecule has 0 radical (unpaired) electrons. The number of nitrogens with zero attached hydrogens (tertiary/aromatic N) is 3. The van der Waals surface area contributed by atoms with E-state index in [1.807, 2.05) is 11.0 Å². The van der Waals surface area contributed by atoms with Crippen LogP contribution in [0.5, 0.6) is 5.75 Å². The molecule has 1 saturated heterocycles. The fraction of sp³-hybridized carbons (Fsp3) is 0.560. The number of ether oxygens (including phenoxy) is 1. The maximum Gasteiger partial charge on any atom is 0.451 e. The Morgan fingerprint density at radius 1 is 1.21 bits per heavy atom. The van der Waals surface area contributed by atoms with Crippen LogP contribution in [0.2, 0.25) is 0 Å². The van der Waals surface area contributed by atoms with Gasteiger partial charge in [-0.1, -0.05) is 19.1 Å². The van der Waals surface area contributed by atoms with E-state index >= 15 is 0 Å². The number of fused-ring (bicyclic) bond motifs is 1. The Bertz CT molecular complexity index is 1080. The molecule has 1 N–H and O–H groups in total. The third-order valence-electron chi connectivity index (χ3n) is 7.60. The van der Waals surface area contributed by atoms with Gasteiger partial charge in [-0.25, -0.2) is 9.97 Å². The summed E-state index contributed by atoms with van der Waals surface area (Å²) < 4.78 is 45.6. The first kappa shape index (κ1) is 22.9. The lowest BCUT2D eigenvalue weighted by Crippen LogP contribution is -2.50. The predicted octanol–water partition coefficient (Wildman–Crippen LogP) is 5.07. The van der Waals surface area contributed by atoms with Crippen LogP contribution in [0.25, 0.3) is 0 Å². The molecule has 2 aromatic rings. The van der Waals surface area contributed by atoms with Gasteiger partial charge < -0.3 is 14.7 Å². The summed E-state index contributed by atoms with van der Waals surface area (Å²) in [5, 5.41) is 9.60. The summed E-state index contributed by atoms with van der Waals surface area (Å²) >= 11 is 0. The highest BCUT2D eigenvalue weighted by Gasteiger charge is 2.42. The Kier molecular flexibility index (Phi) is 5.68. The number of aliphatic carboxylic acids is 1. The number of anilines is 1. The SMILES string of the molecule is CC(C(=O)O)C(c1ccc2c(c1)OC1(CC2)CCN(c2ccnc(C(F)(F)F)n2)CC1)C1CC1. The highest BCUT2D eigenvalue weighted by molar-refractivity contribution is 5.71. The Morgan fingerprint density at radius 3 is 2.59 bits per heavy atom. The summed E-state index contributed by atoms with van der Waals surface area (Å²) in [7, 11) is 0. The summed E-state index contributed by atoms with van der Waals surface area (Å²) in [4.78, 5) is 20.6. The van der Waals surface area contributed by atoms with Gasteiger partial charge in [0.25, 0.3) is 0 Å². The molecule has 1 aromatic heterocycles. The minimum Gasteiger partial charge on any atom is -0.487 e. The molecule has 1 aromatic carbocycles. The van der Waals surface area contributed by atoms with E-state index in [4.69, 9.17) is 4.74 Å². The van der Waals surface area contributed by atoms with E-state index in [1.165, 1.54) is 6.07 Å². The van der Waals surface area contributed by atoms with Gasteiger partial charge in [-0.3, -0.25) is 4.79 Å². The van der Waals surface area contributed by atoms with Crippen molar-refractivity contribution in [3.63, 3.8) is 0 Å². The van der Waals surface area contributed by atoms with Gasteiger partial charge in [0.2, 0.25) is 5.82 Å². The molecule has 5 rings (SSSR count). The van der Waals surface area contributed by atoms with Crippen LogP contribution in [0.4, 0.5) is 19.0 Å². The molecule has 2 aliphatic heterocycles. The van der Waals surface area contributed by atoms with Crippen molar-refractivity contribution >= 4 is 11.8 Å². The smallest absolute Gasteiger partial charge is 0.451 e. The van der Waals surface area contributed by atoms with Gasteiger partial charge in [0.15, 0.2) is 0 Å². The lowest BCUT2D eigenvalue weighted by atomic mass is 9.80. The standard InChI is InChI=1S/C25H28F3N3O3/c1-15(22(32)33)21(17-3-4-17)18-5-2-16-6-8-24(34-19(16)14-18)9-12-31(13-10-24)20-7-11-29-23(30-20)25(26,27)28/h2,5,7,11,14-15,17,21H,3-4,6,8-10,12-13H2,1H3,(H,32,33). The molecule has 3 aliphatic rings. The lowest BCUT2D eigenvalue weighted by molar-refractivity contribution is -0.145. The second-order valence-corrected chi connectivity index (χ2v) is 9.87. The van der Waals surface area contributed by atoms with Gasteiger partial charge >= 0.3 is 12.1 Å². The number of aryl methyl sites for hydroxylation is 1. The number of hydrogen-bond acceptors (Lipinski definition) is 5. The van der Waals surface area contributed by atoms with E-state index < -0.39 is 23.9 Å². The van der Waals surface area contributed by atoms with E-state index in [9.17, 15) is 23.1 Å². The number of alkyl halides is 3. The second kappa shape index (κ2) is 8.43. The fourth-order valence-corrected chi connectivity index (χ4v) is 5.46. The number of aromatic nitrogens is 2. The van der Waals surface area contributed by atoms with Crippen LogP contribution in [0.1, 0.15) is 61.9 Å². The van der Waals surface area contributed by atoms with Gasteiger partial charge in [0, 0.05) is 32.1 Å². The first-order valence-corrected chi connectivity index (χ1v) is 11.9. The van der Waals surface area contributed by atoms with Crippen LogP contribution in [0.15, 0.2) is 30.5 Å². The van der Waals surface area contributed by atoms with Crippen molar-refractivity contribution in [1.82, 2.24) is 9.97 Å². The zero-order valence-corrected chi connectivity index (χ0v) is 19.0. The van der Waals surface area contributed by atoms with Crippen LogP contribution < -0.4 is 9.64 Å². The van der Waals surface area contributed by atoms with Gasteiger partial charge in [0.1, 0.15) is 17.2 Å². The minimum absolute atomic E-state index is 0.0216. The minimum atomic E-state index is -4.57. The first-order valence-electron chi connectivity index (χ1n) is 11.9. The van der Waals surface area contributed by atoms with Gasteiger partial charge in [-0.05, 0) is 60.8 Å². The number of piperidine rings is 1. The second-order valence-electron chi connectivity index (χ2n) is 9.87. The Labute approximate surface area is 196 Å². The fourth-order valence-electron chi connectivity index (χ4n) is 5.46. The molecule has 2 unspecified atom stereocenters. The molecule has 182 valence electrons. The number of carbonyl (C=O) groups is 1. The van der Waals surface area contributed by atoms with Crippen LogP contribution in [0, 0.1) is 11.8 Å². The van der Waals surface area contributed by atoms with E-state index in [2.05, 4.69) is 22.1 Å². The molecular formula is C25H28F3N3O3. The molecule has 1 saturated carbocycles. The molecule has 1 aliphatic carbocycles. The number of rotatable bonds is 5. The molecule has 2 atom stereocenters. The van der Waals surface area contributed by atoms with E-state index in [-0.39, 0.29) is 17.3 Å². The maximum atomic E-state index is 13.0. The van der Waals surface area contributed by atoms with Gasteiger partial charge in [0.05, 0.1) is 5.92 Å². The van der Waals surface area contributed by atoms with Gasteiger partial charge in [-0.2, -0.15) is 13.2 Å². The maximum absolute atomic E-state index is 13.0. The van der Waals surface area contributed by atoms with Crippen molar-refractivity contribution < 1.29 is 27.8 Å². The topological polar surface area (TPSA) is 75.6 Å². The zero-order chi connectivity index (χ0) is 24.1. The summed E-state index contributed by atoms with van der Waals surface area (Å²) in [6, 6.07) is 7.66. The average molecular weight is 476 g/mol. The van der Waals surface area contributed by atoms with E-state index in [0.717, 1.165) is 48.8 Å². The van der Waals surface area contributed by atoms with Crippen molar-refractivity contribution in [2.75, 3.05) is 18.0 Å². The normalized spacial score (nSPS) is 21.5. The molecule has 3 heterocycles. The van der Waals surface area contributed by atoms with Crippen LogP contribution >= 0.6 is 0 Å². The highest BCUT2D eigenvalue weighted by atomic mass is 19.4. The van der Waals surface area contributed by atoms with Crippen LogP contribution in [-0.4, -0.2) is 39.7 Å². The number of carboxylic acids is 1. The van der Waals surface area contributed by atoms with Crippen LogP contribution in [0.3, 0.4) is 0 Å². The van der Waals surface area contributed by atoms with Crippen molar-refractivity contribution in [2.45, 2.75) is 63.1 Å². The molecular weight excluding hydrogens is 447 g/mol. The number of benzene rings is 1. The molecule has 1 spiro atoms. The number of halogens is 3. The third kappa shape index (κ3) is 4.44. The van der Waals surface area contributed by atoms with E-state index in [1.54, 1.807) is 6.92 Å². The largest absolute Gasteiger partial charge is 0.487 e. The van der Waals surface area contributed by atoms with Gasteiger partial charge in [-0.15, -0.1) is 0 Å². The van der Waals surface area contributed by atoms with Crippen LogP contribution in [-0.2, 0) is 17.4 Å². The van der Waals surface area contributed by atoms with Crippen molar-refractivity contribution in [1.29, 1.82) is 0 Å². The van der Waals surface area contributed by atoms with E-state index in [0.29, 0.717) is 31.8 Å². The Hall–Kier alpha value is -2.84. The quantitative estimate of drug-likeness (QED) is 0.651. The Balaban J connectivity index is 1.31. The van der Waals surface area contributed by atoms with Crippen molar-refractivity contribution in [2.24, 2.45) is 11.8 Å². The molecule has 6 nitrogen and oxygen atoms in total. The van der Waals surface area contributed by atoms with Crippen molar-refractivity contribution in [3.05, 3.63) is 47.4 Å². The highest BCUT2D eigenvalue weighted by Crippen LogP contribution is 2.49. The monoisotopic (exact) mass is 475 g/mol. The number of hydrogen-bond donors (Lipinski definition) is 1. The molecule has 0 bridgehead atoms. The summed E-state index contributed by atoms with van der Waals surface area (Å²) in [6.07, 6.45) is 1.76. The zero-order valence-electron chi connectivity index (χ0n) is 19.0. The molecule has 9 heteroatoms. The first-order chi connectivity index (χ1) is 16.2.